The van der Waals surface area contributed by atoms with Crippen LogP contribution in [0.5, 0.6) is 0 Å². The summed E-state index contributed by atoms with van der Waals surface area (Å²) < 4.78 is 33.2. The lowest BCUT2D eigenvalue weighted by Gasteiger charge is -2.19. The van der Waals surface area contributed by atoms with Crippen LogP contribution in [-0.4, -0.2) is 62.4 Å². The van der Waals surface area contributed by atoms with E-state index in [1.54, 1.807) is 13.2 Å². The summed E-state index contributed by atoms with van der Waals surface area (Å²) in [6, 6.07) is 4.42. The van der Waals surface area contributed by atoms with Crippen molar-refractivity contribution >= 4 is 21.9 Å². The van der Waals surface area contributed by atoms with E-state index >= 15 is 0 Å². The van der Waals surface area contributed by atoms with Gasteiger partial charge in [-0.25, -0.2) is 13.1 Å². The van der Waals surface area contributed by atoms with Crippen LogP contribution in [-0.2, 0) is 14.8 Å². The predicted molar refractivity (Wildman–Crippen MR) is 89.2 cm³/mol. The number of carbonyl (C=O) groups excluding carboxylic acids is 1. The number of carbonyl (C=O) groups is 1. The van der Waals surface area contributed by atoms with Crippen molar-refractivity contribution in [2.75, 3.05) is 38.1 Å². The SMILES string of the molecule is COCCNCCNC(=O)c1ccc2c(c1)S(=O)(=O)Nc1ncnn1-2. The highest BCUT2D eigenvalue weighted by Gasteiger charge is 2.29. The first-order valence-electron chi connectivity index (χ1n) is 7.58. The van der Waals surface area contributed by atoms with Gasteiger partial charge < -0.3 is 15.4 Å². The fourth-order valence-corrected chi connectivity index (χ4v) is 3.58. The number of rotatable bonds is 7. The summed E-state index contributed by atoms with van der Waals surface area (Å²) in [7, 11) is -2.18. The largest absolute Gasteiger partial charge is 0.383 e. The Hall–Kier alpha value is -2.50. The molecular formula is C14H18N6O4S. The van der Waals surface area contributed by atoms with Gasteiger partial charge in [-0.15, -0.1) is 0 Å². The molecule has 134 valence electrons. The number of ether oxygens (including phenoxy) is 1. The van der Waals surface area contributed by atoms with Gasteiger partial charge in [0.2, 0.25) is 5.95 Å². The Labute approximate surface area is 144 Å². The second-order valence-electron chi connectivity index (χ2n) is 5.28. The molecule has 0 fully saturated rings. The first-order chi connectivity index (χ1) is 12.0. The number of hydrogen-bond acceptors (Lipinski definition) is 7. The van der Waals surface area contributed by atoms with Gasteiger partial charge in [0.15, 0.2) is 0 Å². The predicted octanol–water partition coefficient (Wildman–Crippen LogP) is -0.653. The normalized spacial score (nSPS) is 14.3. The van der Waals surface area contributed by atoms with Crippen LogP contribution in [0.25, 0.3) is 5.69 Å². The van der Waals surface area contributed by atoms with Crippen molar-refractivity contribution in [2.45, 2.75) is 4.90 Å². The highest BCUT2D eigenvalue weighted by molar-refractivity contribution is 7.93. The van der Waals surface area contributed by atoms with Crippen molar-refractivity contribution in [3.63, 3.8) is 0 Å². The van der Waals surface area contributed by atoms with Crippen LogP contribution in [0, 0.1) is 0 Å². The third-order valence-corrected chi connectivity index (χ3v) is 4.94. The van der Waals surface area contributed by atoms with Gasteiger partial charge in [-0.05, 0) is 18.2 Å². The maximum absolute atomic E-state index is 12.3. The van der Waals surface area contributed by atoms with Gasteiger partial charge in [0.05, 0.1) is 12.3 Å². The molecule has 11 heteroatoms. The number of nitrogens with one attached hydrogen (secondary N) is 3. The Bertz CT molecular complexity index is 879. The van der Waals surface area contributed by atoms with Crippen molar-refractivity contribution in [3.8, 4) is 5.69 Å². The molecule has 0 radical (unpaired) electrons. The molecule has 0 saturated heterocycles. The van der Waals surface area contributed by atoms with Crippen LogP contribution in [0.2, 0.25) is 0 Å². The summed E-state index contributed by atoms with van der Waals surface area (Å²) in [5.41, 5.74) is 0.605. The monoisotopic (exact) mass is 366 g/mol. The van der Waals surface area contributed by atoms with Crippen molar-refractivity contribution in [1.82, 2.24) is 25.4 Å². The molecule has 1 aromatic carbocycles. The molecule has 3 rings (SSSR count). The molecule has 0 spiro atoms. The third kappa shape index (κ3) is 3.62. The van der Waals surface area contributed by atoms with Gasteiger partial charge >= 0.3 is 0 Å². The number of methoxy groups -OCH3 is 1. The maximum atomic E-state index is 12.3. The zero-order chi connectivity index (χ0) is 17.9. The molecule has 25 heavy (non-hydrogen) atoms. The summed E-state index contributed by atoms with van der Waals surface area (Å²) in [6.45, 7) is 2.28. The summed E-state index contributed by atoms with van der Waals surface area (Å²) >= 11 is 0. The minimum absolute atomic E-state index is 0.0173. The molecule has 1 aliphatic rings. The van der Waals surface area contributed by atoms with E-state index in [9.17, 15) is 13.2 Å². The second-order valence-corrected chi connectivity index (χ2v) is 6.93. The maximum Gasteiger partial charge on any atom is 0.266 e. The number of hydrogen-bond donors (Lipinski definition) is 3. The average Bonchev–Trinajstić information content (AvgIpc) is 3.05. The number of nitrogens with zero attached hydrogens (tertiary/aromatic N) is 3. The Morgan fingerprint density at radius 1 is 1.32 bits per heavy atom. The van der Waals surface area contributed by atoms with E-state index in [0.29, 0.717) is 31.9 Å². The molecule has 3 N–H and O–H groups in total. The highest BCUT2D eigenvalue weighted by Crippen LogP contribution is 2.29. The molecule has 0 unspecified atom stereocenters. The zero-order valence-electron chi connectivity index (χ0n) is 13.5. The van der Waals surface area contributed by atoms with Gasteiger partial charge in [0.1, 0.15) is 11.2 Å². The van der Waals surface area contributed by atoms with E-state index in [1.807, 2.05) is 0 Å². The molecule has 2 heterocycles. The lowest BCUT2D eigenvalue weighted by atomic mass is 10.2. The van der Waals surface area contributed by atoms with Gasteiger partial charge in [-0.1, -0.05) is 0 Å². The van der Waals surface area contributed by atoms with Crippen LogP contribution in [0.4, 0.5) is 5.95 Å². The van der Waals surface area contributed by atoms with Crippen LogP contribution >= 0.6 is 0 Å². The lowest BCUT2D eigenvalue weighted by Crippen LogP contribution is -2.33. The summed E-state index contributed by atoms with van der Waals surface area (Å²) in [4.78, 5) is 16.0. The van der Waals surface area contributed by atoms with Crippen LogP contribution in [0.15, 0.2) is 29.4 Å². The van der Waals surface area contributed by atoms with Gasteiger partial charge in [-0.2, -0.15) is 14.8 Å². The van der Waals surface area contributed by atoms with Crippen LogP contribution in [0.3, 0.4) is 0 Å². The Balaban J connectivity index is 1.72. The minimum atomic E-state index is -3.80. The summed E-state index contributed by atoms with van der Waals surface area (Å²) in [5.74, 6) is -0.234. The Morgan fingerprint density at radius 2 is 2.16 bits per heavy atom. The summed E-state index contributed by atoms with van der Waals surface area (Å²) in [5, 5.41) is 9.81. The van der Waals surface area contributed by atoms with Crippen LogP contribution < -0.4 is 15.4 Å². The van der Waals surface area contributed by atoms with E-state index in [4.69, 9.17) is 4.74 Å². The fourth-order valence-electron chi connectivity index (χ4n) is 2.37. The van der Waals surface area contributed by atoms with Crippen molar-refractivity contribution in [3.05, 3.63) is 30.1 Å². The molecule has 1 amide bonds. The molecular weight excluding hydrogens is 348 g/mol. The van der Waals surface area contributed by atoms with Gasteiger partial charge in [0.25, 0.3) is 15.9 Å². The van der Waals surface area contributed by atoms with Crippen molar-refractivity contribution in [1.29, 1.82) is 0 Å². The first-order valence-corrected chi connectivity index (χ1v) is 9.06. The smallest absolute Gasteiger partial charge is 0.266 e. The molecule has 1 aromatic heterocycles. The Morgan fingerprint density at radius 3 is 2.96 bits per heavy atom. The van der Waals surface area contributed by atoms with Crippen LogP contribution in [0.1, 0.15) is 10.4 Å². The second kappa shape index (κ2) is 7.17. The number of anilines is 1. The lowest BCUT2D eigenvalue weighted by molar-refractivity contribution is 0.0953. The summed E-state index contributed by atoms with van der Waals surface area (Å²) in [6.07, 6.45) is 1.25. The molecule has 0 atom stereocenters. The molecule has 0 bridgehead atoms. The standard InChI is InChI=1S/C14H18N6O4S/c1-24-7-6-15-4-5-16-13(21)10-2-3-11-12(8-10)25(22,23)19-14-17-9-18-20(11)14/h2-3,8-9,15H,4-7H2,1H3,(H,16,21)(H,17,18,19). The fraction of sp³-hybridized carbons (Fsp3) is 0.357. The zero-order valence-corrected chi connectivity index (χ0v) is 14.3. The average molecular weight is 366 g/mol. The molecule has 2 aromatic rings. The molecule has 10 nitrogen and oxygen atoms in total. The van der Waals surface area contributed by atoms with E-state index in [1.165, 1.54) is 23.1 Å². The minimum Gasteiger partial charge on any atom is -0.383 e. The van der Waals surface area contributed by atoms with Gasteiger partial charge in [0, 0.05) is 32.3 Å². The van der Waals surface area contributed by atoms with E-state index in [2.05, 4.69) is 25.4 Å². The highest BCUT2D eigenvalue weighted by atomic mass is 32.2. The molecule has 0 aliphatic carbocycles. The van der Waals surface area contributed by atoms with E-state index in [-0.39, 0.29) is 22.3 Å². The quantitative estimate of drug-likeness (QED) is 0.556. The number of aromatic nitrogens is 3. The van der Waals surface area contributed by atoms with Crippen molar-refractivity contribution in [2.24, 2.45) is 0 Å². The topological polar surface area (TPSA) is 127 Å². The third-order valence-electron chi connectivity index (χ3n) is 3.58. The van der Waals surface area contributed by atoms with Gasteiger partial charge in [-0.3, -0.25) is 4.79 Å². The Kier molecular flexibility index (Phi) is 4.97. The van der Waals surface area contributed by atoms with E-state index in [0.717, 1.165) is 0 Å². The number of amides is 1. The first kappa shape index (κ1) is 17.3. The number of fused-ring (bicyclic) bond motifs is 3. The molecule has 1 aliphatic heterocycles. The van der Waals surface area contributed by atoms with E-state index < -0.39 is 10.0 Å². The number of sulfonamides is 1. The number of benzene rings is 1. The van der Waals surface area contributed by atoms with Crippen molar-refractivity contribution < 1.29 is 17.9 Å². The molecule has 0 saturated carbocycles.